The van der Waals surface area contributed by atoms with Crippen molar-refractivity contribution in [2.45, 2.75) is 31.7 Å². The van der Waals surface area contributed by atoms with E-state index in [-0.39, 0.29) is 12.1 Å². The molecule has 0 aliphatic heterocycles. The van der Waals surface area contributed by atoms with E-state index in [4.69, 9.17) is 4.74 Å². The number of rotatable bonds is 10. The van der Waals surface area contributed by atoms with Gasteiger partial charge in [-0.1, -0.05) is 36.4 Å². The fourth-order valence-electron chi connectivity index (χ4n) is 3.14. The molecule has 2 aromatic carbocycles. The third-order valence-electron chi connectivity index (χ3n) is 4.79. The van der Waals surface area contributed by atoms with Crippen LogP contribution in [0.3, 0.4) is 0 Å². The maximum absolute atomic E-state index is 14.5. The van der Waals surface area contributed by atoms with Crippen LogP contribution in [0.25, 0.3) is 0 Å². The molecule has 0 unspecified atom stereocenters. The first-order valence-corrected chi connectivity index (χ1v) is 9.34. The van der Waals surface area contributed by atoms with Crippen LogP contribution in [0.5, 0.6) is 0 Å². The fraction of sp³-hybridized carbons (Fsp3) is 0.333. The van der Waals surface area contributed by atoms with Gasteiger partial charge in [-0.25, -0.2) is 18.4 Å². The van der Waals surface area contributed by atoms with E-state index in [1.807, 2.05) is 30.3 Å². The number of nitrogens with zero attached hydrogens (tertiary/aromatic N) is 3. The Labute approximate surface area is 168 Å². The molecule has 0 spiro atoms. The van der Waals surface area contributed by atoms with Crippen molar-refractivity contribution in [3.05, 3.63) is 83.9 Å². The molecule has 3 rings (SSSR count). The first kappa shape index (κ1) is 21.0. The van der Waals surface area contributed by atoms with Crippen LogP contribution in [-0.2, 0) is 23.5 Å². The number of hydrogen-bond donors (Lipinski definition) is 2. The summed E-state index contributed by atoms with van der Waals surface area (Å²) in [7, 11) is 0. The third-order valence-corrected chi connectivity index (χ3v) is 4.79. The van der Waals surface area contributed by atoms with Crippen LogP contribution in [0, 0.1) is 11.6 Å². The van der Waals surface area contributed by atoms with Crippen LogP contribution in [-0.4, -0.2) is 39.1 Å². The fourth-order valence-corrected chi connectivity index (χ4v) is 3.14. The summed E-state index contributed by atoms with van der Waals surface area (Å²) in [5, 5.41) is 18.5. The number of nitrogens with one attached hydrogen (secondary N) is 1. The van der Waals surface area contributed by atoms with Gasteiger partial charge in [0.1, 0.15) is 29.9 Å². The Balaban J connectivity index is 1.65. The van der Waals surface area contributed by atoms with Crippen molar-refractivity contribution in [3.8, 4) is 0 Å². The summed E-state index contributed by atoms with van der Waals surface area (Å²) in [5.74, 6) is -1.52. The first-order chi connectivity index (χ1) is 14.0. The SMILES string of the molecule is C[C@H](NCCOCc1ccccc1)[C@@](O)(Cn1cncn1)c1ccc(F)cc1F. The van der Waals surface area contributed by atoms with E-state index in [1.165, 1.54) is 23.4 Å². The average Bonchev–Trinajstić information content (AvgIpc) is 3.21. The Morgan fingerprint density at radius 3 is 2.69 bits per heavy atom. The molecule has 3 aromatic rings. The molecule has 8 heteroatoms. The lowest BCUT2D eigenvalue weighted by Crippen LogP contribution is -2.50. The van der Waals surface area contributed by atoms with E-state index in [2.05, 4.69) is 15.4 Å². The minimum atomic E-state index is -1.68. The zero-order chi connectivity index (χ0) is 20.7. The van der Waals surface area contributed by atoms with Crippen molar-refractivity contribution < 1.29 is 18.6 Å². The monoisotopic (exact) mass is 402 g/mol. The molecule has 29 heavy (non-hydrogen) atoms. The van der Waals surface area contributed by atoms with Gasteiger partial charge in [0.25, 0.3) is 0 Å². The second kappa shape index (κ2) is 9.69. The zero-order valence-corrected chi connectivity index (χ0v) is 16.1. The molecule has 0 radical (unpaired) electrons. The second-order valence-corrected chi connectivity index (χ2v) is 6.86. The largest absolute Gasteiger partial charge is 0.381 e. The minimum absolute atomic E-state index is 0.0143. The Kier molecular flexibility index (Phi) is 7.03. The molecular weight excluding hydrogens is 378 g/mol. The van der Waals surface area contributed by atoms with Crippen molar-refractivity contribution in [1.82, 2.24) is 20.1 Å². The molecule has 154 valence electrons. The van der Waals surface area contributed by atoms with Gasteiger partial charge >= 0.3 is 0 Å². The number of halogens is 2. The van der Waals surface area contributed by atoms with Gasteiger partial charge in [-0.2, -0.15) is 5.10 Å². The lowest BCUT2D eigenvalue weighted by Gasteiger charge is -2.35. The molecule has 1 heterocycles. The summed E-state index contributed by atoms with van der Waals surface area (Å²) in [6.07, 6.45) is 2.76. The summed E-state index contributed by atoms with van der Waals surface area (Å²) in [5.41, 5.74) is -0.624. The summed E-state index contributed by atoms with van der Waals surface area (Å²) < 4.78 is 34.9. The van der Waals surface area contributed by atoms with Crippen LogP contribution in [0.2, 0.25) is 0 Å². The highest BCUT2D eigenvalue weighted by Gasteiger charge is 2.38. The van der Waals surface area contributed by atoms with Crippen molar-refractivity contribution >= 4 is 0 Å². The summed E-state index contributed by atoms with van der Waals surface area (Å²) in [6, 6.07) is 12.3. The molecule has 0 amide bonds. The number of ether oxygens (including phenoxy) is 1. The topological polar surface area (TPSA) is 72.2 Å². The van der Waals surface area contributed by atoms with Crippen molar-refractivity contribution in [2.24, 2.45) is 0 Å². The van der Waals surface area contributed by atoms with Gasteiger partial charge in [0.05, 0.1) is 19.8 Å². The molecular formula is C21H24F2N4O2. The number of aliphatic hydroxyl groups is 1. The molecule has 6 nitrogen and oxygen atoms in total. The summed E-state index contributed by atoms with van der Waals surface area (Å²) in [6.45, 7) is 3.01. The Morgan fingerprint density at radius 1 is 1.21 bits per heavy atom. The Hall–Kier alpha value is -2.68. The zero-order valence-electron chi connectivity index (χ0n) is 16.1. The molecule has 2 atom stereocenters. The normalized spacial score (nSPS) is 14.5. The third kappa shape index (κ3) is 5.44. The quantitative estimate of drug-likeness (QED) is 0.510. The maximum atomic E-state index is 14.5. The van der Waals surface area contributed by atoms with Crippen LogP contribution in [0.15, 0.2) is 61.2 Å². The van der Waals surface area contributed by atoms with Gasteiger partial charge in [0, 0.05) is 24.2 Å². The van der Waals surface area contributed by atoms with Crippen LogP contribution < -0.4 is 5.32 Å². The Morgan fingerprint density at radius 2 is 2.00 bits per heavy atom. The van der Waals surface area contributed by atoms with Crippen LogP contribution in [0.4, 0.5) is 8.78 Å². The van der Waals surface area contributed by atoms with E-state index in [1.54, 1.807) is 6.92 Å². The van der Waals surface area contributed by atoms with Crippen molar-refractivity contribution in [1.29, 1.82) is 0 Å². The van der Waals surface area contributed by atoms with Gasteiger partial charge in [-0.05, 0) is 18.6 Å². The standard InChI is InChI=1S/C21H24F2N4O2/c1-16(25-9-10-29-12-17-5-3-2-4-6-17)21(28,13-27-15-24-14-26-27)19-8-7-18(22)11-20(19)23/h2-8,11,14-16,25,28H,9-10,12-13H2,1H3/t16-,21-/m0/s1. The second-order valence-electron chi connectivity index (χ2n) is 6.86. The van der Waals surface area contributed by atoms with Gasteiger partial charge in [0.2, 0.25) is 0 Å². The molecule has 0 fully saturated rings. The highest BCUT2D eigenvalue weighted by molar-refractivity contribution is 5.27. The number of benzene rings is 2. The predicted octanol–water partition coefficient (Wildman–Crippen LogP) is 2.64. The first-order valence-electron chi connectivity index (χ1n) is 9.34. The molecule has 1 aromatic heterocycles. The maximum Gasteiger partial charge on any atom is 0.137 e. The van der Waals surface area contributed by atoms with Crippen molar-refractivity contribution in [2.75, 3.05) is 13.2 Å². The molecule has 0 aliphatic rings. The van der Waals surface area contributed by atoms with Crippen LogP contribution in [0.1, 0.15) is 18.1 Å². The molecule has 0 saturated carbocycles. The molecule has 0 bridgehead atoms. The van der Waals surface area contributed by atoms with Gasteiger partial charge < -0.3 is 15.2 Å². The lowest BCUT2D eigenvalue weighted by molar-refractivity contribution is -0.0222. The predicted molar refractivity (Wildman–Crippen MR) is 104 cm³/mol. The van der Waals surface area contributed by atoms with Gasteiger partial charge in [0.15, 0.2) is 0 Å². The van der Waals surface area contributed by atoms with Gasteiger partial charge in [-0.15, -0.1) is 0 Å². The highest BCUT2D eigenvalue weighted by Crippen LogP contribution is 2.30. The minimum Gasteiger partial charge on any atom is -0.381 e. The van der Waals surface area contributed by atoms with E-state index < -0.39 is 23.3 Å². The highest BCUT2D eigenvalue weighted by atomic mass is 19.1. The Bertz CT molecular complexity index is 893. The summed E-state index contributed by atoms with van der Waals surface area (Å²) in [4.78, 5) is 3.86. The molecule has 2 N–H and O–H groups in total. The summed E-state index contributed by atoms with van der Waals surface area (Å²) >= 11 is 0. The van der Waals surface area contributed by atoms with Gasteiger partial charge in [-0.3, -0.25) is 0 Å². The van der Waals surface area contributed by atoms with E-state index in [9.17, 15) is 13.9 Å². The van der Waals surface area contributed by atoms with Crippen LogP contribution >= 0.6 is 0 Å². The number of hydrogen-bond acceptors (Lipinski definition) is 5. The molecule has 0 saturated heterocycles. The lowest BCUT2D eigenvalue weighted by atomic mass is 9.86. The van der Waals surface area contributed by atoms with Crippen molar-refractivity contribution in [3.63, 3.8) is 0 Å². The van der Waals surface area contributed by atoms with E-state index in [0.717, 1.165) is 17.7 Å². The number of aromatic nitrogens is 3. The van der Waals surface area contributed by atoms with E-state index in [0.29, 0.717) is 19.8 Å². The smallest absolute Gasteiger partial charge is 0.137 e. The average molecular weight is 402 g/mol. The molecule has 0 aliphatic carbocycles. The van der Waals surface area contributed by atoms with E-state index >= 15 is 0 Å².